The van der Waals surface area contributed by atoms with Crippen molar-refractivity contribution in [2.45, 2.75) is 31.5 Å². The van der Waals surface area contributed by atoms with Crippen LogP contribution in [0.3, 0.4) is 0 Å². The van der Waals surface area contributed by atoms with Crippen LogP contribution in [-0.4, -0.2) is 33.7 Å². The molecule has 2 aromatic rings. The Kier molecular flexibility index (Phi) is 5.12. The zero-order valence-corrected chi connectivity index (χ0v) is 13.7. The van der Waals surface area contributed by atoms with E-state index >= 15 is 0 Å². The van der Waals surface area contributed by atoms with Gasteiger partial charge < -0.3 is 10.5 Å². The monoisotopic (exact) mass is 318 g/mol. The first-order valence-corrected chi connectivity index (χ1v) is 8.69. The fraction of sp³-hybridized carbons (Fsp3) is 0.500. The van der Waals surface area contributed by atoms with E-state index in [1.807, 2.05) is 12.1 Å². The molecule has 5 nitrogen and oxygen atoms in total. The minimum Gasteiger partial charge on any atom is -0.381 e. The number of rotatable bonds is 6. The van der Waals surface area contributed by atoms with E-state index in [9.17, 15) is 0 Å². The maximum atomic E-state index is 5.83. The number of aryl methyl sites for hydroxylation is 1. The van der Waals surface area contributed by atoms with Gasteiger partial charge in [0.1, 0.15) is 0 Å². The zero-order valence-electron chi connectivity index (χ0n) is 12.9. The highest BCUT2D eigenvalue weighted by atomic mass is 32.2. The Morgan fingerprint density at radius 1 is 1.36 bits per heavy atom. The predicted octanol–water partition coefficient (Wildman–Crippen LogP) is 2.55. The zero-order chi connectivity index (χ0) is 15.4. The number of aromatic nitrogens is 3. The summed E-state index contributed by atoms with van der Waals surface area (Å²) in [6, 6.07) is 8.26. The Hall–Kier alpha value is -1.37. The summed E-state index contributed by atoms with van der Waals surface area (Å²) in [6.45, 7) is 4.30. The highest BCUT2D eigenvalue weighted by Crippen LogP contribution is 2.26. The Bertz CT molecular complexity index is 622. The van der Waals surface area contributed by atoms with Gasteiger partial charge in [-0.2, -0.15) is 0 Å². The molecule has 0 bridgehead atoms. The van der Waals surface area contributed by atoms with Crippen molar-refractivity contribution in [1.29, 1.82) is 0 Å². The molecule has 1 aromatic heterocycles. The highest BCUT2D eigenvalue weighted by molar-refractivity contribution is 7.99. The van der Waals surface area contributed by atoms with Gasteiger partial charge in [0, 0.05) is 19.0 Å². The molecule has 1 unspecified atom stereocenters. The molecule has 0 amide bonds. The Labute approximate surface area is 135 Å². The number of nitrogens with zero attached hydrogens (tertiary/aromatic N) is 3. The van der Waals surface area contributed by atoms with E-state index < -0.39 is 0 Å². The topological polar surface area (TPSA) is 66.0 Å². The van der Waals surface area contributed by atoms with Crippen LogP contribution in [0, 0.1) is 12.8 Å². The van der Waals surface area contributed by atoms with Crippen LogP contribution in [-0.2, 0) is 11.3 Å². The molecular weight excluding hydrogens is 296 g/mol. The number of hydrogen-bond donors (Lipinski definition) is 1. The third kappa shape index (κ3) is 3.34. The van der Waals surface area contributed by atoms with Crippen molar-refractivity contribution in [2.75, 3.05) is 19.0 Å². The van der Waals surface area contributed by atoms with E-state index in [-0.39, 0.29) is 0 Å². The van der Waals surface area contributed by atoms with Crippen LogP contribution in [0.25, 0.3) is 5.69 Å². The lowest BCUT2D eigenvalue weighted by atomic mass is 10.1. The number of thioether (sulfide) groups is 1. The van der Waals surface area contributed by atoms with Crippen molar-refractivity contribution < 1.29 is 4.74 Å². The lowest BCUT2D eigenvalue weighted by Crippen LogP contribution is -2.09. The maximum Gasteiger partial charge on any atom is 0.195 e. The van der Waals surface area contributed by atoms with E-state index in [0.717, 1.165) is 42.1 Å². The first kappa shape index (κ1) is 15.5. The smallest absolute Gasteiger partial charge is 0.195 e. The molecule has 118 valence electrons. The van der Waals surface area contributed by atoms with Gasteiger partial charge in [0.2, 0.25) is 0 Å². The lowest BCUT2D eigenvalue weighted by molar-refractivity contribution is 0.185. The molecule has 6 heteroatoms. The van der Waals surface area contributed by atoms with Crippen molar-refractivity contribution in [3.63, 3.8) is 0 Å². The average Bonchev–Trinajstić information content (AvgIpc) is 3.17. The number of para-hydroxylation sites is 1. The molecule has 1 aromatic carbocycles. The molecule has 2 heterocycles. The second-order valence-corrected chi connectivity index (χ2v) is 6.65. The molecule has 1 aliphatic rings. The average molecular weight is 318 g/mol. The van der Waals surface area contributed by atoms with Crippen molar-refractivity contribution in [1.82, 2.24) is 14.8 Å². The largest absolute Gasteiger partial charge is 0.381 e. The second kappa shape index (κ2) is 7.26. The highest BCUT2D eigenvalue weighted by Gasteiger charge is 2.18. The van der Waals surface area contributed by atoms with Crippen molar-refractivity contribution in [3.05, 3.63) is 35.7 Å². The van der Waals surface area contributed by atoms with Gasteiger partial charge in [-0.3, -0.25) is 4.57 Å². The molecule has 1 atom stereocenters. The van der Waals surface area contributed by atoms with E-state index in [4.69, 9.17) is 10.5 Å². The van der Waals surface area contributed by atoms with E-state index in [1.54, 1.807) is 11.8 Å². The number of benzene rings is 1. The Morgan fingerprint density at radius 2 is 2.23 bits per heavy atom. The molecule has 1 aliphatic heterocycles. The van der Waals surface area contributed by atoms with Gasteiger partial charge in [0.05, 0.1) is 12.2 Å². The SMILES string of the molecule is Cc1ccccc1-n1c(CN)nnc1SCCC1CCOC1. The van der Waals surface area contributed by atoms with Gasteiger partial charge in [0.15, 0.2) is 11.0 Å². The maximum absolute atomic E-state index is 5.83. The van der Waals surface area contributed by atoms with Crippen LogP contribution in [0.5, 0.6) is 0 Å². The summed E-state index contributed by atoms with van der Waals surface area (Å²) in [6.07, 6.45) is 2.34. The summed E-state index contributed by atoms with van der Waals surface area (Å²) in [5.41, 5.74) is 8.14. The fourth-order valence-electron chi connectivity index (χ4n) is 2.71. The van der Waals surface area contributed by atoms with E-state index in [0.29, 0.717) is 12.5 Å². The number of nitrogens with two attached hydrogens (primary N) is 1. The summed E-state index contributed by atoms with van der Waals surface area (Å²) in [7, 11) is 0. The van der Waals surface area contributed by atoms with Gasteiger partial charge in [-0.05, 0) is 37.3 Å². The third-order valence-electron chi connectivity index (χ3n) is 4.02. The standard InChI is InChI=1S/C16H22N4OS/c1-12-4-2-3-5-14(12)20-15(10-17)18-19-16(20)22-9-7-13-6-8-21-11-13/h2-5,13H,6-11,17H2,1H3. The minimum atomic E-state index is 0.387. The minimum absolute atomic E-state index is 0.387. The first-order valence-electron chi connectivity index (χ1n) is 7.70. The quantitative estimate of drug-likeness (QED) is 0.829. The second-order valence-electron chi connectivity index (χ2n) is 5.59. The van der Waals surface area contributed by atoms with Crippen LogP contribution in [0.4, 0.5) is 0 Å². The Balaban J connectivity index is 1.76. The Morgan fingerprint density at radius 3 is 2.95 bits per heavy atom. The summed E-state index contributed by atoms with van der Waals surface area (Å²) >= 11 is 1.75. The van der Waals surface area contributed by atoms with Crippen LogP contribution >= 0.6 is 11.8 Å². The van der Waals surface area contributed by atoms with Gasteiger partial charge in [-0.1, -0.05) is 30.0 Å². The van der Waals surface area contributed by atoms with Crippen molar-refractivity contribution in [2.24, 2.45) is 11.7 Å². The molecule has 22 heavy (non-hydrogen) atoms. The van der Waals surface area contributed by atoms with Gasteiger partial charge in [0.25, 0.3) is 0 Å². The molecule has 0 aliphatic carbocycles. The summed E-state index contributed by atoms with van der Waals surface area (Å²) in [5, 5.41) is 9.50. The van der Waals surface area contributed by atoms with E-state index in [2.05, 4.69) is 33.8 Å². The predicted molar refractivity (Wildman–Crippen MR) is 88.3 cm³/mol. The molecule has 3 rings (SSSR count). The first-order chi connectivity index (χ1) is 10.8. The van der Waals surface area contributed by atoms with Crippen molar-refractivity contribution in [3.8, 4) is 5.69 Å². The number of hydrogen-bond acceptors (Lipinski definition) is 5. The van der Waals surface area contributed by atoms with Gasteiger partial charge in [-0.15, -0.1) is 10.2 Å². The molecule has 0 spiro atoms. The van der Waals surface area contributed by atoms with Crippen molar-refractivity contribution >= 4 is 11.8 Å². The fourth-order valence-corrected chi connectivity index (χ4v) is 3.78. The molecule has 1 saturated heterocycles. The van der Waals surface area contributed by atoms with Crippen LogP contribution in [0.2, 0.25) is 0 Å². The van der Waals surface area contributed by atoms with Crippen LogP contribution in [0.1, 0.15) is 24.2 Å². The third-order valence-corrected chi connectivity index (χ3v) is 4.98. The summed E-state index contributed by atoms with van der Waals surface area (Å²) in [4.78, 5) is 0. The molecule has 2 N–H and O–H groups in total. The lowest BCUT2D eigenvalue weighted by Gasteiger charge is -2.12. The number of ether oxygens (including phenoxy) is 1. The van der Waals surface area contributed by atoms with E-state index in [1.165, 1.54) is 12.0 Å². The molecule has 0 radical (unpaired) electrons. The normalized spacial score (nSPS) is 18.0. The summed E-state index contributed by atoms with van der Waals surface area (Å²) < 4.78 is 7.52. The van der Waals surface area contributed by atoms with Crippen LogP contribution in [0.15, 0.2) is 29.4 Å². The van der Waals surface area contributed by atoms with Crippen LogP contribution < -0.4 is 5.73 Å². The van der Waals surface area contributed by atoms with Gasteiger partial charge >= 0.3 is 0 Å². The van der Waals surface area contributed by atoms with Gasteiger partial charge in [-0.25, -0.2) is 0 Å². The summed E-state index contributed by atoms with van der Waals surface area (Å²) in [5.74, 6) is 2.53. The molecule has 1 fully saturated rings. The molecular formula is C16H22N4OS. The molecule has 0 saturated carbocycles.